The van der Waals surface area contributed by atoms with E-state index < -0.39 is 0 Å². The van der Waals surface area contributed by atoms with Gasteiger partial charge in [0.25, 0.3) is 0 Å². The molecule has 0 unspecified atom stereocenters. The number of amides is 1. The lowest BCUT2D eigenvalue weighted by molar-refractivity contribution is -0.128. The van der Waals surface area contributed by atoms with Gasteiger partial charge in [-0.2, -0.15) is 0 Å². The van der Waals surface area contributed by atoms with Crippen molar-refractivity contribution >= 4 is 5.91 Å². The minimum Gasteiger partial charge on any atom is -0.508 e. The predicted molar refractivity (Wildman–Crippen MR) is 59.6 cm³/mol. The number of benzene rings is 1. The van der Waals surface area contributed by atoms with E-state index in [0.29, 0.717) is 13.0 Å². The third kappa shape index (κ3) is 3.46. The van der Waals surface area contributed by atoms with Gasteiger partial charge in [-0.3, -0.25) is 4.79 Å². The molecule has 3 heteroatoms. The molecule has 0 aliphatic carbocycles. The van der Waals surface area contributed by atoms with Crippen LogP contribution in [0.15, 0.2) is 36.9 Å². The number of likely N-dealkylation sites (N-methyl/N-ethyl adjacent to an activating group) is 1. The molecule has 0 spiro atoms. The molecule has 1 amide bonds. The Morgan fingerprint density at radius 1 is 1.60 bits per heavy atom. The van der Waals surface area contributed by atoms with Crippen molar-refractivity contribution in [1.82, 2.24) is 4.90 Å². The molecule has 0 aromatic heterocycles. The second kappa shape index (κ2) is 5.20. The maximum atomic E-state index is 11.6. The fourth-order valence-corrected chi connectivity index (χ4v) is 1.27. The number of hydrogen-bond acceptors (Lipinski definition) is 2. The summed E-state index contributed by atoms with van der Waals surface area (Å²) in [6.07, 6.45) is 1.99. The fraction of sp³-hybridized carbons (Fsp3) is 0.250. The first-order valence-electron chi connectivity index (χ1n) is 4.76. The SMILES string of the molecule is C=CCN(C)C(=O)Cc1cccc(O)c1. The third-order valence-corrected chi connectivity index (χ3v) is 2.09. The van der Waals surface area contributed by atoms with E-state index >= 15 is 0 Å². The topological polar surface area (TPSA) is 40.5 Å². The van der Waals surface area contributed by atoms with Crippen molar-refractivity contribution in [2.24, 2.45) is 0 Å². The lowest BCUT2D eigenvalue weighted by atomic mass is 10.1. The molecule has 0 atom stereocenters. The number of aromatic hydroxyl groups is 1. The molecule has 1 aromatic rings. The van der Waals surface area contributed by atoms with Crippen molar-refractivity contribution in [3.63, 3.8) is 0 Å². The van der Waals surface area contributed by atoms with Gasteiger partial charge < -0.3 is 10.0 Å². The van der Waals surface area contributed by atoms with Crippen molar-refractivity contribution in [3.05, 3.63) is 42.5 Å². The van der Waals surface area contributed by atoms with Crippen LogP contribution in [0.25, 0.3) is 0 Å². The molecule has 1 rings (SSSR count). The maximum absolute atomic E-state index is 11.6. The molecule has 3 nitrogen and oxygen atoms in total. The highest BCUT2D eigenvalue weighted by molar-refractivity contribution is 5.78. The van der Waals surface area contributed by atoms with Crippen LogP contribution in [-0.2, 0) is 11.2 Å². The molecule has 0 aliphatic rings. The van der Waals surface area contributed by atoms with Crippen LogP contribution in [-0.4, -0.2) is 29.5 Å². The Labute approximate surface area is 89.6 Å². The van der Waals surface area contributed by atoms with Gasteiger partial charge in [0.2, 0.25) is 5.91 Å². The van der Waals surface area contributed by atoms with Crippen LogP contribution in [0.1, 0.15) is 5.56 Å². The van der Waals surface area contributed by atoms with E-state index in [1.54, 1.807) is 36.2 Å². The monoisotopic (exact) mass is 205 g/mol. The largest absolute Gasteiger partial charge is 0.508 e. The number of hydrogen-bond donors (Lipinski definition) is 1. The first kappa shape index (κ1) is 11.3. The Hall–Kier alpha value is -1.77. The summed E-state index contributed by atoms with van der Waals surface area (Å²) >= 11 is 0. The van der Waals surface area contributed by atoms with Crippen molar-refractivity contribution < 1.29 is 9.90 Å². The van der Waals surface area contributed by atoms with Gasteiger partial charge in [0.1, 0.15) is 5.75 Å². The number of nitrogens with zero attached hydrogens (tertiary/aromatic N) is 1. The lowest BCUT2D eigenvalue weighted by Crippen LogP contribution is -2.28. The summed E-state index contributed by atoms with van der Waals surface area (Å²) in [5.41, 5.74) is 0.816. The van der Waals surface area contributed by atoms with Crippen molar-refractivity contribution in [1.29, 1.82) is 0 Å². The number of carbonyl (C=O) groups excluding carboxylic acids is 1. The van der Waals surface area contributed by atoms with Crippen LogP contribution in [0.5, 0.6) is 5.75 Å². The summed E-state index contributed by atoms with van der Waals surface area (Å²) in [5, 5.41) is 9.23. The zero-order chi connectivity index (χ0) is 11.3. The average Bonchev–Trinajstić information content (AvgIpc) is 2.18. The third-order valence-electron chi connectivity index (χ3n) is 2.09. The van der Waals surface area contributed by atoms with E-state index in [1.165, 1.54) is 0 Å². The van der Waals surface area contributed by atoms with Crippen molar-refractivity contribution in [2.75, 3.05) is 13.6 Å². The highest BCUT2D eigenvalue weighted by Gasteiger charge is 2.07. The number of phenolic OH excluding ortho intramolecular Hbond substituents is 1. The van der Waals surface area contributed by atoms with Crippen LogP contribution in [0, 0.1) is 0 Å². The number of phenols is 1. The van der Waals surface area contributed by atoms with Crippen LogP contribution in [0.3, 0.4) is 0 Å². The lowest BCUT2D eigenvalue weighted by Gasteiger charge is -2.14. The van der Waals surface area contributed by atoms with E-state index in [0.717, 1.165) is 5.56 Å². The molecule has 1 aromatic carbocycles. The summed E-state index contributed by atoms with van der Waals surface area (Å²) in [4.78, 5) is 13.2. The quantitative estimate of drug-likeness (QED) is 0.758. The summed E-state index contributed by atoms with van der Waals surface area (Å²) < 4.78 is 0. The Balaban J connectivity index is 2.62. The molecule has 80 valence electrons. The Morgan fingerprint density at radius 3 is 2.93 bits per heavy atom. The van der Waals surface area contributed by atoms with E-state index in [4.69, 9.17) is 0 Å². The molecule has 0 heterocycles. The zero-order valence-electron chi connectivity index (χ0n) is 8.81. The molecule has 0 saturated carbocycles. The highest BCUT2D eigenvalue weighted by atomic mass is 16.3. The molecule has 0 radical (unpaired) electrons. The van der Waals surface area contributed by atoms with Gasteiger partial charge in [-0.15, -0.1) is 6.58 Å². The van der Waals surface area contributed by atoms with E-state index in [9.17, 15) is 9.90 Å². The molecule has 0 fully saturated rings. The van der Waals surface area contributed by atoms with Gasteiger partial charge in [0.05, 0.1) is 6.42 Å². The Morgan fingerprint density at radius 2 is 2.33 bits per heavy atom. The van der Waals surface area contributed by atoms with E-state index in [1.807, 2.05) is 6.07 Å². The first-order valence-corrected chi connectivity index (χ1v) is 4.76. The standard InChI is InChI=1S/C12H15NO2/c1-3-7-13(2)12(15)9-10-5-4-6-11(14)8-10/h3-6,8,14H,1,7,9H2,2H3. The molecule has 15 heavy (non-hydrogen) atoms. The van der Waals surface area contributed by atoms with Crippen LogP contribution >= 0.6 is 0 Å². The van der Waals surface area contributed by atoms with Crippen LogP contribution in [0.4, 0.5) is 0 Å². The number of rotatable bonds is 4. The normalized spacial score (nSPS) is 9.67. The minimum atomic E-state index is 0.0144. The Bertz CT molecular complexity index is 360. The predicted octanol–water partition coefficient (Wildman–Crippen LogP) is 1.58. The Kier molecular flexibility index (Phi) is 3.92. The van der Waals surface area contributed by atoms with Gasteiger partial charge in [-0.1, -0.05) is 18.2 Å². The molecular formula is C12H15NO2. The minimum absolute atomic E-state index is 0.0144. The van der Waals surface area contributed by atoms with Crippen LogP contribution < -0.4 is 0 Å². The summed E-state index contributed by atoms with van der Waals surface area (Å²) in [6, 6.07) is 6.73. The molecule has 0 bridgehead atoms. The van der Waals surface area contributed by atoms with Crippen LogP contribution in [0.2, 0.25) is 0 Å². The molecule has 1 N–H and O–H groups in total. The van der Waals surface area contributed by atoms with Gasteiger partial charge in [0, 0.05) is 13.6 Å². The zero-order valence-corrected chi connectivity index (χ0v) is 8.81. The summed E-state index contributed by atoms with van der Waals surface area (Å²) in [7, 11) is 1.73. The second-order valence-corrected chi connectivity index (χ2v) is 3.41. The van der Waals surface area contributed by atoms with E-state index in [-0.39, 0.29) is 11.7 Å². The van der Waals surface area contributed by atoms with Gasteiger partial charge in [-0.25, -0.2) is 0 Å². The smallest absolute Gasteiger partial charge is 0.227 e. The molecular weight excluding hydrogens is 190 g/mol. The van der Waals surface area contributed by atoms with Gasteiger partial charge in [-0.05, 0) is 17.7 Å². The van der Waals surface area contributed by atoms with Gasteiger partial charge >= 0.3 is 0 Å². The van der Waals surface area contributed by atoms with Gasteiger partial charge in [0.15, 0.2) is 0 Å². The molecule has 0 aliphatic heterocycles. The summed E-state index contributed by atoms with van der Waals surface area (Å²) in [6.45, 7) is 4.11. The summed E-state index contributed by atoms with van der Waals surface area (Å²) in [5.74, 6) is 0.201. The average molecular weight is 205 g/mol. The fourth-order valence-electron chi connectivity index (χ4n) is 1.27. The van der Waals surface area contributed by atoms with E-state index in [2.05, 4.69) is 6.58 Å². The maximum Gasteiger partial charge on any atom is 0.227 e. The first-order chi connectivity index (χ1) is 7.13. The molecule has 0 saturated heterocycles. The number of carbonyl (C=O) groups is 1. The van der Waals surface area contributed by atoms with Crippen molar-refractivity contribution in [2.45, 2.75) is 6.42 Å². The van der Waals surface area contributed by atoms with Crippen molar-refractivity contribution in [3.8, 4) is 5.75 Å². The highest BCUT2D eigenvalue weighted by Crippen LogP contribution is 2.11. The second-order valence-electron chi connectivity index (χ2n) is 3.41.